The summed E-state index contributed by atoms with van der Waals surface area (Å²) in [4.78, 5) is 26.8. The van der Waals surface area contributed by atoms with E-state index in [9.17, 15) is 18.0 Å². The molecule has 0 unspecified atom stereocenters. The Kier molecular flexibility index (Phi) is 5.72. The molecule has 0 spiro atoms. The van der Waals surface area contributed by atoms with Gasteiger partial charge in [-0.2, -0.15) is 4.31 Å². The molecule has 30 heavy (non-hydrogen) atoms. The second kappa shape index (κ2) is 8.15. The first-order valence-corrected chi connectivity index (χ1v) is 12.1. The summed E-state index contributed by atoms with van der Waals surface area (Å²) in [7, 11) is -2.05. The first-order valence-electron chi connectivity index (χ1n) is 10.7. The molecule has 7 nitrogen and oxygen atoms in total. The lowest BCUT2D eigenvalue weighted by atomic mass is 10.00. The molecular formula is C22H28N2O5S. The predicted molar refractivity (Wildman–Crippen MR) is 113 cm³/mol. The topological polar surface area (TPSA) is 84.0 Å². The summed E-state index contributed by atoms with van der Waals surface area (Å²) < 4.78 is 33.2. The van der Waals surface area contributed by atoms with Crippen LogP contribution in [-0.2, 0) is 24.3 Å². The van der Waals surface area contributed by atoms with Gasteiger partial charge in [0.25, 0.3) is 5.91 Å². The van der Waals surface area contributed by atoms with Gasteiger partial charge in [0.05, 0.1) is 23.1 Å². The molecule has 1 atom stereocenters. The molecule has 1 aromatic carbocycles. The van der Waals surface area contributed by atoms with Crippen LogP contribution in [0.1, 0.15) is 51.0 Å². The molecule has 0 radical (unpaired) electrons. The Labute approximate surface area is 177 Å². The molecule has 0 N–H and O–H groups in total. The highest BCUT2D eigenvalue weighted by Crippen LogP contribution is 2.43. The maximum Gasteiger partial charge on any atom is 0.310 e. The zero-order valence-electron chi connectivity index (χ0n) is 17.5. The van der Waals surface area contributed by atoms with Crippen molar-refractivity contribution in [3.05, 3.63) is 29.3 Å². The van der Waals surface area contributed by atoms with E-state index in [1.807, 2.05) is 0 Å². The number of anilines is 1. The molecule has 2 aliphatic heterocycles. The number of carbonyl (C=O) groups is 2. The SMILES string of the molecule is CCOC(=O)[C@H]1CCCN(S(=O)(=O)c2ccc3c(c2)C(=C2CCCC2)C(=O)N3C)C1. The van der Waals surface area contributed by atoms with Crippen molar-refractivity contribution >= 4 is 33.2 Å². The molecule has 1 amide bonds. The summed E-state index contributed by atoms with van der Waals surface area (Å²) >= 11 is 0. The smallest absolute Gasteiger partial charge is 0.310 e. The van der Waals surface area contributed by atoms with Gasteiger partial charge in [0.2, 0.25) is 10.0 Å². The normalized spacial score (nSPS) is 22.5. The number of hydrogen-bond acceptors (Lipinski definition) is 5. The average molecular weight is 433 g/mol. The number of benzene rings is 1. The Hall–Kier alpha value is -2.19. The number of fused-ring (bicyclic) bond motifs is 1. The fourth-order valence-corrected chi connectivity index (χ4v) is 6.27. The Bertz CT molecular complexity index is 1010. The van der Waals surface area contributed by atoms with E-state index >= 15 is 0 Å². The number of sulfonamides is 1. The summed E-state index contributed by atoms with van der Waals surface area (Å²) in [6, 6.07) is 4.92. The van der Waals surface area contributed by atoms with Gasteiger partial charge in [-0.25, -0.2) is 8.42 Å². The summed E-state index contributed by atoms with van der Waals surface area (Å²) in [5.41, 5.74) is 3.25. The van der Waals surface area contributed by atoms with Gasteiger partial charge in [-0.1, -0.05) is 5.57 Å². The molecule has 2 heterocycles. The summed E-state index contributed by atoms with van der Waals surface area (Å²) in [6.45, 7) is 2.54. The zero-order chi connectivity index (χ0) is 21.5. The van der Waals surface area contributed by atoms with Crippen LogP contribution >= 0.6 is 0 Å². The number of likely N-dealkylation sites (N-methyl/N-ethyl adjacent to an activating group) is 1. The first kappa shape index (κ1) is 21.1. The van der Waals surface area contributed by atoms with E-state index in [0.717, 1.165) is 36.9 Å². The average Bonchev–Trinajstić information content (AvgIpc) is 3.35. The number of nitrogens with zero attached hydrogens (tertiary/aromatic N) is 2. The molecule has 0 bridgehead atoms. The number of esters is 1. The van der Waals surface area contributed by atoms with E-state index in [1.54, 1.807) is 37.1 Å². The minimum Gasteiger partial charge on any atom is -0.466 e. The number of piperidine rings is 1. The number of hydrogen-bond donors (Lipinski definition) is 0. The van der Waals surface area contributed by atoms with Gasteiger partial charge in [-0.15, -0.1) is 0 Å². The number of allylic oxidation sites excluding steroid dienone is 1. The largest absolute Gasteiger partial charge is 0.466 e. The third-order valence-electron chi connectivity index (χ3n) is 6.32. The zero-order valence-corrected chi connectivity index (χ0v) is 18.3. The van der Waals surface area contributed by atoms with E-state index < -0.39 is 15.9 Å². The van der Waals surface area contributed by atoms with Crippen molar-refractivity contribution in [1.82, 2.24) is 4.31 Å². The number of amides is 1. The van der Waals surface area contributed by atoms with Gasteiger partial charge in [0, 0.05) is 31.3 Å². The van der Waals surface area contributed by atoms with Crippen molar-refractivity contribution in [1.29, 1.82) is 0 Å². The highest BCUT2D eigenvalue weighted by Gasteiger charge is 2.37. The lowest BCUT2D eigenvalue weighted by Gasteiger charge is -2.30. The van der Waals surface area contributed by atoms with Gasteiger partial charge in [-0.3, -0.25) is 9.59 Å². The minimum absolute atomic E-state index is 0.0585. The third-order valence-corrected chi connectivity index (χ3v) is 8.18. The molecule has 1 aromatic rings. The van der Waals surface area contributed by atoms with Gasteiger partial charge in [-0.05, 0) is 63.6 Å². The van der Waals surface area contributed by atoms with Crippen LogP contribution in [-0.4, -0.2) is 51.3 Å². The molecule has 162 valence electrons. The highest BCUT2D eigenvalue weighted by atomic mass is 32.2. The molecular weight excluding hydrogens is 404 g/mol. The standard InChI is InChI=1S/C22H28N2O5S/c1-3-29-22(26)16-9-6-12-24(14-16)30(27,28)17-10-11-19-18(13-17)20(21(25)23(19)2)15-7-4-5-8-15/h10-11,13,16H,3-9,12,14H2,1-2H3/t16-/m0/s1. The maximum atomic E-state index is 13.4. The van der Waals surface area contributed by atoms with Gasteiger partial charge >= 0.3 is 5.97 Å². The van der Waals surface area contributed by atoms with Crippen LogP contribution in [0.2, 0.25) is 0 Å². The Morgan fingerprint density at radius 2 is 1.93 bits per heavy atom. The second-order valence-corrected chi connectivity index (χ2v) is 10.1. The van der Waals surface area contributed by atoms with Gasteiger partial charge < -0.3 is 9.64 Å². The fraction of sp³-hybridized carbons (Fsp3) is 0.545. The third kappa shape index (κ3) is 3.56. The van der Waals surface area contributed by atoms with E-state index in [0.29, 0.717) is 30.5 Å². The molecule has 3 aliphatic rings. The van der Waals surface area contributed by atoms with Gasteiger partial charge in [0.15, 0.2) is 0 Å². The van der Waals surface area contributed by atoms with Crippen LogP contribution in [0, 0.1) is 5.92 Å². The highest BCUT2D eigenvalue weighted by molar-refractivity contribution is 7.89. The van der Waals surface area contributed by atoms with Crippen molar-refractivity contribution in [2.75, 3.05) is 31.6 Å². The number of carbonyl (C=O) groups excluding carboxylic acids is 2. The van der Waals surface area contributed by atoms with E-state index in [-0.39, 0.29) is 29.9 Å². The molecule has 1 aliphatic carbocycles. The molecule has 4 rings (SSSR count). The van der Waals surface area contributed by atoms with Crippen LogP contribution in [0.4, 0.5) is 5.69 Å². The van der Waals surface area contributed by atoms with Crippen molar-refractivity contribution in [2.45, 2.75) is 50.3 Å². The molecule has 1 saturated heterocycles. The number of ether oxygens (including phenoxy) is 1. The van der Waals surface area contributed by atoms with Crippen LogP contribution in [0.5, 0.6) is 0 Å². The van der Waals surface area contributed by atoms with E-state index in [2.05, 4.69) is 0 Å². The van der Waals surface area contributed by atoms with Crippen molar-refractivity contribution in [3.63, 3.8) is 0 Å². The molecule has 8 heteroatoms. The Balaban J connectivity index is 1.67. The molecule has 0 aromatic heterocycles. The minimum atomic E-state index is -3.77. The predicted octanol–water partition coefficient (Wildman–Crippen LogP) is 2.95. The Morgan fingerprint density at radius 1 is 1.20 bits per heavy atom. The van der Waals surface area contributed by atoms with Crippen molar-refractivity contribution in [2.24, 2.45) is 5.92 Å². The summed E-state index contributed by atoms with van der Waals surface area (Å²) in [5.74, 6) is -0.838. The maximum absolute atomic E-state index is 13.4. The van der Waals surface area contributed by atoms with Crippen LogP contribution in [0.25, 0.3) is 5.57 Å². The van der Waals surface area contributed by atoms with E-state index in [4.69, 9.17) is 4.74 Å². The van der Waals surface area contributed by atoms with E-state index in [1.165, 1.54) is 4.31 Å². The molecule has 2 fully saturated rings. The van der Waals surface area contributed by atoms with Crippen molar-refractivity contribution < 1.29 is 22.7 Å². The lowest BCUT2D eigenvalue weighted by Crippen LogP contribution is -2.42. The monoisotopic (exact) mass is 432 g/mol. The van der Waals surface area contributed by atoms with Gasteiger partial charge in [0.1, 0.15) is 0 Å². The number of rotatable bonds is 4. The van der Waals surface area contributed by atoms with Crippen LogP contribution in [0.3, 0.4) is 0 Å². The molecule has 1 saturated carbocycles. The quantitative estimate of drug-likeness (QED) is 0.540. The second-order valence-electron chi connectivity index (χ2n) is 8.18. The summed E-state index contributed by atoms with van der Waals surface area (Å²) in [6.07, 6.45) is 5.14. The fourth-order valence-electron chi connectivity index (χ4n) is 4.72. The summed E-state index contributed by atoms with van der Waals surface area (Å²) in [5, 5.41) is 0. The van der Waals surface area contributed by atoms with Crippen LogP contribution < -0.4 is 4.90 Å². The van der Waals surface area contributed by atoms with Crippen molar-refractivity contribution in [3.8, 4) is 0 Å². The Morgan fingerprint density at radius 3 is 2.63 bits per heavy atom. The lowest BCUT2D eigenvalue weighted by molar-refractivity contribution is -0.149. The first-order chi connectivity index (χ1) is 14.3. The van der Waals surface area contributed by atoms with Crippen LogP contribution in [0.15, 0.2) is 28.7 Å².